The molecule has 0 unspecified atom stereocenters. The predicted octanol–water partition coefficient (Wildman–Crippen LogP) is 0.968. The summed E-state index contributed by atoms with van der Waals surface area (Å²) in [6, 6.07) is 0. The van der Waals surface area contributed by atoms with Crippen LogP contribution in [-0.2, 0) is 4.74 Å². The van der Waals surface area contributed by atoms with Crippen LogP contribution >= 0.6 is 11.3 Å². The number of nitrogens with zero attached hydrogens (tertiary/aromatic N) is 1. The van der Waals surface area contributed by atoms with Crippen LogP contribution in [0.4, 0.5) is 0 Å². The highest BCUT2D eigenvalue weighted by Gasteiger charge is 1.93. The average Bonchev–Trinajstić information content (AvgIpc) is 2.41. The van der Waals surface area contributed by atoms with Crippen molar-refractivity contribution in [1.82, 2.24) is 4.98 Å². The zero-order valence-corrected chi connectivity index (χ0v) is 6.48. The van der Waals surface area contributed by atoms with Crippen LogP contribution in [0.5, 0.6) is 5.19 Å². The summed E-state index contributed by atoms with van der Waals surface area (Å²) in [6.45, 7) is 1.15. The van der Waals surface area contributed by atoms with Crippen LogP contribution in [0.1, 0.15) is 0 Å². The molecule has 0 aliphatic carbocycles. The Bertz CT molecular complexity index is 164. The number of hydrogen-bond donors (Lipinski definition) is 0. The van der Waals surface area contributed by atoms with Gasteiger partial charge in [-0.15, -0.1) is 0 Å². The van der Waals surface area contributed by atoms with Gasteiger partial charge in [-0.3, -0.25) is 0 Å². The fourth-order valence-corrected chi connectivity index (χ4v) is 0.915. The highest BCUT2D eigenvalue weighted by molar-refractivity contribution is 7.10. The first-order valence-corrected chi connectivity index (χ1v) is 3.68. The molecule has 0 bridgehead atoms. The molecule has 0 aliphatic heterocycles. The van der Waals surface area contributed by atoms with E-state index in [1.165, 1.54) is 11.3 Å². The normalized spacial score (nSPS) is 9.70. The first-order chi connectivity index (χ1) is 4.93. The Kier molecular flexibility index (Phi) is 3.18. The molecule has 3 nitrogen and oxygen atoms in total. The van der Waals surface area contributed by atoms with Crippen LogP contribution in [0.15, 0.2) is 6.20 Å². The zero-order valence-electron chi connectivity index (χ0n) is 5.66. The molecule has 4 heteroatoms. The number of thiazole rings is 1. The second kappa shape index (κ2) is 4.24. The highest BCUT2D eigenvalue weighted by Crippen LogP contribution is 2.11. The summed E-state index contributed by atoms with van der Waals surface area (Å²) < 4.78 is 9.92. The molecule has 10 heavy (non-hydrogen) atoms. The highest BCUT2D eigenvalue weighted by atomic mass is 32.1. The fraction of sp³-hybridized carbons (Fsp3) is 0.500. The SMILES string of the molecule is COCCOc1nc[c]s1. The van der Waals surface area contributed by atoms with Crippen molar-refractivity contribution in [2.75, 3.05) is 20.3 Å². The lowest BCUT2D eigenvalue weighted by Gasteiger charge is -1.98. The molecule has 1 aromatic rings. The maximum atomic E-state index is 5.14. The van der Waals surface area contributed by atoms with Gasteiger partial charge < -0.3 is 9.47 Å². The van der Waals surface area contributed by atoms with Crippen molar-refractivity contribution in [3.8, 4) is 5.19 Å². The lowest BCUT2D eigenvalue weighted by Crippen LogP contribution is -2.03. The van der Waals surface area contributed by atoms with Crippen molar-refractivity contribution in [3.63, 3.8) is 0 Å². The summed E-state index contributed by atoms with van der Waals surface area (Å²) in [5.41, 5.74) is 0. The molecule has 0 atom stereocenters. The number of rotatable bonds is 4. The first-order valence-electron chi connectivity index (χ1n) is 2.87. The lowest BCUT2D eigenvalue weighted by atomic mass is 10.8. The van der Waals surface area contributed by atoms with Gasteiger partial charge >= 0.3 is 0 Å². The summed E-state index contributed by atoms with van der Waals surface area (Å²) in [4.78, 5) is 3.87. The van der Waals surface area contributed by atoms with Gasteiger partial charge in [0.15, 0.2) is 0 Å². The van der Waals surface area contributed by atoms with Crippen molar-refractivity contribution in [2.24, 2.45) is 0 Å². The molecule has 1 heterocycles. The van der Waals surface area contributed by atoms with E-state index < -0.39 is 0 Å². The minimum atomic E-state index is 0.553. The van der Waals surface area contributed by atoms with Crippen LogP contribution in [-0.4, -0.2) is 25.3 Å². The van der Waals surface area contributed by atoms with E-state index in [2.05, 4.69) is 10.4 Å². The lowest BCUT2D eigenvalue weighted by molar-refractivity contribution is 0.146. The van der Waals surface area contributed by atoms with Crippen molar-refractivity contribution < 1.29 is 9.47 Å². The monoisotopic (exact) mass is 158 g/mol. The average molecular weight is 158 g/mol. The van der Waals surface area contributed by atoms with Gasteiger partial charge in [-0.25, -0.2) is 4.98 Å². The second-order valence-corrected chi connectivity index (χ2v) is 2.37. The third kappa shape index (κ3) is 2.33. The number of aromatic nitrogens is 1. The van der Waals surface area contributed by atoms with Crippen LogP contribution in [0.2, 0.25) is 0 Å². The molecular weight excluding hydrogens is 150 g/mol. The molecule has 0 saturated heterocycles. The van der Waals surface area contributed by atoms with E-state index in [-0.39, 0.29) is 0 Å². The Balaban J connectivity index is 2.15. The Morgan fingerprint density at radius 1 is 1.70 bits per heavy atom. The molecule has 0 spiro atoms. The third-order valence-electron chi connectivity index (χ3n) is 0.882. The summed E-state index contributed by atoms with van der Waals surface area (Å²) in [5.74, 6) is 0. The smallest absolute Gasteiger partial charge is 0.273 e. The predicted molar refractivity (Wildman–Crippen MR) is 38.3 cm³/mol. The molecule has 0 fully saturated rings. The number of ether oxygens (including phenoxy) is 2. The van der Waals surface area contributed by atoms with E-state index in [9.17, 15) is 0 Å². The molecule has 1 radical (unpaired) electrons. The Morgan fingerprint density at radius 2 is 2.60 bits per heavy atom. The molecule has 55 valence electrons. The first kappa shape index (κ1) is 7.50. The van der Waals surface area contributed by atoms with E-state index in [1.54, 1.807) is 13.3 Å². The quantitative estimate of drug-likeness (QED) is 0.612. The zero-order chi connectivity index (χ0) is 7.23. The van der Waals surface area contributed by atoms with E-state index in [1.807, 2.05) is 0 Å². The fourth-order valence-electron chi connectivity index (χ4n) is 0.461. The summed E-state index contributed by atoms with van der Waals surface area (Å²) in [6.07, 6.45) is 1.59. The summed E-state index contributed by atoms with van der Waals surface area (Å²) >= 11 is 1.36. The minimum Gasteiger partial charge on any atom is -0.468 e. The second-order valence-electron chi connectivity index (χ2n) is 1.59. The maximum absolute atomic E-state index is 5.14. The van der Waals surface area contributed by atoms with Crippen LogP contribution < -0.4 is 4.74 Å². The van der Waals surface area contributed by atoms with Gasteiger partial charge in [-0.2, -0.15) is 0 Å². The van der Waals surface area contributed by atoms with Crippen molar-refractivity contribution in [3.05, 3.63) is 11.6 Å². The van der Waals surface area contributed by atoms with Gasteiger partial charge in [0, 0.05) is 7.11 Å². The maximum Gasteiger partial charge on any atom is 0.273 e. The van der Waals surface area contributed by atoms with Gasteiger partial charge in [-0.05, 0) is 0 Å². The molecule has 0 amide bonds. The van der Waals surface area contributed by atoms with Crippen molar-refractivity contribution in [1.29, 1.82) is 0 Å². The Hall–Kier alpha value is -0.610. The standard InChI is InChI=1S/C6H8NO2S/c1-8-3-4-9-6-7-2-5-10-6/h2H,3-4H2,1H3. The molecule has 0 N–H and O–H groups in total. The van der Waals surface area contributed by atoms with E-state index in [4.69, 9.17) is 9.47 Å². The van der Waals surface area contributed by atoms with Gasteiger partial charge in [0.05, 0.1) is 18.2 Å². The van der Waals surface area contributed by atoms with Gasteiger partial charge in [0.1, 0.15) is 6.61 Å². The number of methoxy groups -OCH3 is 1. The van der Waals surface area contributed by atoms with Gasteiger partial charge in [0.25, 0.3) is 5.19 Å². The molecule has 1 rings (SSSR count). The van der Waals surface area contributed by atoms with Gasteiger partial charge in [0.2, 0.25) is 0 Å². The molecular formula is C6H8NO2S. The van der Waals surface area contributed by atoms with Crippen LogP contribution in [0.25, 0.3) is 0 Å². The van der Waals surface area contributed by atoms with E-state index in [0.717, 1.165) is 0 Å². The minimum absolute atomic E-state index is 0.553. The number of hydrogen-bond acceptors (Lipinski definition) is 4. The molecule has 0 saturated carbocycles. The van der Waals surface area contributed by atoms with Crippen LogP contribution in [0.3, 0.4) is 0 Å². The largest absolute Gasteiger partial charge is 0.468 e. The molecule has 0 aromatic carbocycles. The van der Waals surface area contributed by atoms with E-state index in [0.29, 0.717) is 18.4 Å². The Labute approximate surface area is 63.6 Å². The third-order valence-corrected chi connectivity index (χ3v) is 1.50. The molecule has 0 aliphatic rings. The van der Waals surface area contributed by atoms with Crippen molar-refractivity contribution in [2.45, 2.75) is 0 Å². The molecule has 1 aromatic heterocycles. The van der Waals surface area contributed by atoms with Crippen LogP contribution in [0, 0.1) is 5.38 Å². The van der Waals surface area contributed by atoms with E-state index >= 15 is 0 Å². The summed E-state index contributed by atoms with van der Waals surface area (Å²) in [7, 11) is 1.64. The topological polar surface area (TPSA) is 31.4 Å². The summed E-state index contributed by atoms with van der Waals surface area (Å²) in [5, 5.41) is 3.47. The Morgan fingerprint density at radius 3 is 3.20 bits per heavy atom. The van der Waals surface area contributed by atoms with Gasteiger partial charge in [-0.1, -0.05) is 11.3 Å². The van der Waals surface area contributed by atoms with Crippen molar-refractivity contribution >= 4 is 11.3 Å².